The van der Waals surface area contributed by atoms with Gasteiger partial charge in [0.25, 0.3) is 0 Å². The van der Waals surface area contributed by atoms with Crippen LogP contribution in [0.2, 0.25) is 0 Å². The summed E-state index contributed by atoms with van der Waals surface area (Å²) >= 11 is 0. The number of nitrogens with zero attached hydrogens (tertiary/aromatic N) is 2. The molecule has 4 nitrogen and oxygen atoms in total. The number of rotatable bonds is 5. The number of hydrogen-bond acceptors (Lipinski definition) is 4. The Balaban J connectivity index is 1.83. The summed E-state index contributed by atoms with van der Waals surface area (Å²) in [4.78, 5) is 7.64. The highest BCUT2D eigenvalue weighted by atomic mass is 19.4. The number of halogens is 3. The lowest BCUT2D eigenvalue weighted by atomic mass is 10.1. The molecule has 25 heavy (non-hydrogen) atoms. The molecule has 0 bridgehead atoms. The van der Waals surface area contributed by atoms with E-state index in [1.165, 1.54) is 24.5 Å². The molecule has 0 aliphatic carbocycles. The molecule has 0 saturated carbocycles. The smallest absolute Gasteiger partial charge is 0.420 e. The Morgan fingerprint density at radius 2 is 1.60 bits per heavy atom. The van der Waals surface area contributed by atoms with Crippen LogP contribution in [0.25, 0.3) is 0 Å². The lowest BCUT2D eigenvalue weighted by Crippen LogP contribution is -2.09. The first kappa shape index (κ1) is 16.8. The monoisotopic (exact) mass is 346 g/mol. The van der Waals surface area contributed by atoms with Crippen molar-refractivity contribution >= 4 is 0 Å². The molecule has 0 fully saturated rings. The van der Waals surface area contributed by atoms with Gasteiger partial charge in [0.2, 0.25) is 0 Å². The summed E-state index contributed by atoms with van der Waals surface area (Å²) in [6, 6.07) is 14.0. The van der Waals surface area contributed by atoms with E-state index in [1.54, 1.807) is 30.3 Å². The summed E-state index contributed by atoms with van der Waals surface area (Å²) in [6.07, 6.45) is -1.71. The van der Waals surface area contributed by atoms with Crippen LogP contribution in [0.3, 0.4) is 0 Å². The first-order valence-electron chi connectivity index (χ1n) is 7.35. The van der Waals surface area contributed by atoms with E-state index in [9.17, 15) is 13.2 Å². The van der Waals surface area contributed by atoms with Gasteiger partial charge in [0.15, 0.2) is 0 Å². The van der Waals surface area contributed by atoms with Crippen LogP contribution in [0, 0.1) is 0 Å². The molecule has 0 N–H and O–H groups in total. The van der Waals surface area contributed by atoms with Gasteiger partial charge in [0.05, 0.1) is 0 Å². The van der Waals surface area contributed by atoms with Crippen LogP contribution in [0.5, 0.6) is 17.5 Å². The molecule has 0 radical (unpaired) electrons. The third kappa shape index (κ3) is 4.47. The maximum absolute atomic E-state index is 13.3. The minimum Gasteiger partial charge on any atom is -0.488 e. The molecule has 0 amide bonds. The minimum atomic E-state index is -4.58. The molecule has 0 aliphatic rings. The van der Waals surface area contributed by atoms with E-state index in [2.05, 4.69) is 9.97 Å². The van der Waals surface area contributed by atoms with Gasteiger partial charge in [-0.3, -0.25) is 0 Å². The molecule has 7 heteroatoms. The molecular formula is C18H13F3N2O2. The Hall–Kier alpha value is -3.09. The van der Waals surface area contributed by atoms with Crippen molar-refractivity contribution in [2.75, 3.05) is 0 Å². The van der Waals surface area contributed by atoms with Gasteiger partial charge in [-0.15, -0.1) is 0 Å². The summed E-state index contributed by atoms with van der Waals surface area (Å²) in [6.45, 7) is 0.0337. The Bertz CT molecular complexity index is 825. The van der Waals surface area contributed by atoms with Crippen LogP contribution in [0.4, 0.5) is 13.2 Å². The standard InChI is InChI=1S/C18H13F3N2O2/c19-18(20,21)15-11-14(25-17-22-9-4-10-23-17)7-8-16(15)24-12-13-5-2-1-3-6-13/h1-11H,12H2. The van der Waals surface area contributed by atoms with Gasteiger partial charge in [-0.1, -0.05) is 30.3 Å². The van der Waals surface area contributed by atoms with Gasteiger partial charge in [0, 0.05) is 12.4 Å². The maximum atomic E-state index is 13.3. The Kier molecular flexibility index (Phi) is 4.83. The van der Waals surface area contributed by atoms with Crippen molar-refractivity contribution in [3.05, 3.63) is 78.1 Å². The normalized spacial score (nSPS) is 11.2. The van der Waals surface area contributed by atoms with Crippen LogP contribution < -0.4 is 9.47 Å². The number of ether oxygens (including phenoxy) is 2. The van der Waals surface area contributed by atoms with Gasteiger partial charge in [-0.25, -0.2) is 9.97 Å². The second kappa shape index (κ2) is 7.21. The van der Waals surface area contributed by atoms with Crippen LogP contribution in [-0.4, -0.2) is 9.97 Å². The number of alkyl halides is 3. The fourth-order valence-corrected chi connectivity index (χ4v) is 2.10. The molecule has 3 rings (SSSR count). The van der Waals surface area contributed by atoms with Crippen LogP contribution in [-0.2, 0) is 12.8 Å². The van der Waals surface area contributed by atoms with Gasteiger partial charge in [-0.05, 0) is 29.8 Å². The van der Waals surface area contributed by atoms with Crippen molar-refractivity contribution in [1.82, 2.24) is 9.97 Å². The molecule has 0 aliphatic heterocycles. The number of benzene rings is 2. The van der Waals surface area contributed by atoms with Crippen LogP contribution >= 0.6 is 0 Å². The summed E-state index contributed by atoms with van der Waals surface area (Å²) in [5.74, 6) is -0.289. The third-order valence-electron chi connectivity index (χ3n) is 3.24. The van der Waals surface area contributed by atoms with E-state index in [0.717, 1.165) is 11.6 Å². The minimum absolute atomic E-state index is 0.0226. The SMILES string of the molecule is FC(F)(F)c1cc(Oc2ncccn2)ccc1OCc1ccccc1. The van der Waals surface area contributed by atoms with Crippen LogP contribution in [0.15, 0.2) is 67.0 Å². The van der Waals surface area contributed by atoms with E-state index < -0.39 is 11.7 Å². The number of aromatic nitrogens is 2. The van der Waals surface area contributed by atoms with Gasteiger partial charge in [-0.2, -0.15) is 13.2 Å². The highest BCUT2D eigenvalue weighted by molar-refractivity contribution is 5.43. The van der Waals surface area contributed by atoms with E-state index in [4.69, 9.17) is 9.47 Å². The molecule has 0 spiro atoms. The summed E-state index contributed by atoms with van der Waals surface area (Å²) in [7, 11) is 0. The molecule has 0 atom stereocenters. The van der Waals surface area contributed by atoms with E-state index in [0.29, 0.717) is 0 Å². The Morgan fingerprint density at radius 1 is 0.880 bits per heavy atom. The molecule has 3 aromatic rings. The molecular weight excluding hydrogens is 333 g/mol. The zero-order valence-electron chi connectivity index (χ0n) is 12.9. The zero-order valence-corrected chi connectivity index (χ0v) is 12.9. The Morgan fingerprint density at radius 3 is 2.28 bits per heavy atom. The van der Waals surface area contributed by atoms with Crippen molar-refractivity contribution in [2.24, 2.45) is 0 Å². The summed E-state index contributed by atoms with van der Waals surface area (Å²) < 4.78 is 50.6. The largest absolute Gasteiger partial charge is 0.488 e. The van der Waals surface area contributed by atoms with Crippen molar-refractivity contribution < 1.29 is 22.6 Å². The summed E-state index contributed by atoms with van der Waals surface area (Å²) in [5.41, 5.74) is -0.148. The first-order valence-corrected chi connectivity index (χ1v) is 7.35. The molecule has 2 aromatic carbocycles. The second-order valence-electron chi connectivity index (χ2n) is 5.06. The molecule has 1 heterocycles. The molecule has 0 unspecified atom stereocenters. The molecule has 0 saturated heterocycles. The first-order chi connectivity index (χ1) is 12.0. The highest BCUT2D eigenvalue weighted by Crippen LogP contribution is 2.39. The fourth-order valence-electron chi connectivity index (χ4n) is 2.10. The lowest BCUT2D eigenvalue weighted by molar-refractivity contribution is -0.139. The van der Waals surface area contributed by atoms with Gasteiger partial charge < -0.3 is 9.47 Å². The van der Waals surface area contributed by atoms with Gasteiger partial charge in [0.1, 0.15) is 23.7 Å². The summed E-state index contributed by atoms with van der Waals surface area (Å²) in [5, 5.41) is 0. The zero-order chi connectivity index (χ0) is 17.7. The molecule has 128 valence electrons. The number of hydrogen-bond donors (Lipinski definition) is 0. The van der Waals surface area contributed by atoms with Crippen molar-refractivity contribution in [1.29, 1.82) is 0 Å². The predicted molar refractivity (Wildman–Crippen MR) is 84.3 cm³/mol. The molecule has 1 aromatic heterocycles. The maximum Gasteiger partial charge on any atom is 0.420 e. The van der Waals surface area contributed by atoms with Gasteiger partial charge >= 0.3 is 12.2 Å². The topological polar surface area (TPSA) is 44.2 Å². The predicted octanol–water partition coefficient (Wildman–Crippen LogP) is 4.87. The van der Waals surface area contributed by atoms with Crippen molar-refractivity contribution in [3.8, 4) is 17.5 Å². The van der Waals surface area contributed by atoms with Crippen molar-refractivity contribution in [2.45, 2.75) is 12.8 Å². The van der Waals surface area contributed by atoms with E-state index in [-0.39, 0.29) is 24.1 Å². The van der Waals surface area contributed by atoms with Crippen LogP contribution in [0.1, 0.15) is 11.1 Å². The quantitative estimate of drug-likeness (QED) is 0.661. The van der Waals surface area contributed by atoms with E-state index >= 15 is 0 Å². The average Bonchev–Trinajstić information content (AvgIpc) is 2.61. The lowest BCUT2D eigenvalue weighted by Gasteiger charge is -2.15. The Labute approximate surface area is 141 Å². The fraction of sp³-hybridized carbons (Fsp3) is 0.111. The van der Waals surface area contributed by atoms with Crippen molar-refractivity contribution in [3.63, 3.8) is 0 Å². The van der Waals surface area contributed by atoms with E-state index in [1.807, 2.05) is 6.07 Å². The second-order valence-corrected chi connectivity index (χ2v) is 5.06. The third-order valence-corrected chi connectivity index (χ3v) is 3.24. The average molecular weight is 346 g/mol. The highest BCUT2D eigenvalue weighted by Gasteiger charge is 2.35.